The van der Waals surface area contributed by atoms with E-state index in [2.05, 4.69) is 10.8 Å². The molecule has 0 unspecified atom stereocenters. The lowest BCUT2D eigenvalue weighted by molar-refractivity contribution is 0.104. The quantitative estimate of drug-likeness (QED) is 0.638. The van der Waals surface area contributed by atoms with Gasteiger partial charge < -0.3 is 0 Å². The first kappa shape index (κ1) is 17.9. The van der Waals surface area contributed by atoms with E-state index in [1.807, 2.05) is 26.0 Å². The number of anilines is 1. The molecule has 0 heterocycles. The van der Waals surface area contributed by atoms with E-state index in [0.717, 1.165) is 16.7 Å². The standard InChI is InChI=1S/C19H21NO3S/c1-4-24(22,23)20-18-8-6-17(7-9-18)19(21)10-5-16-12-14(2)11-15(3)13-16/h5-13,20H,4H2,1-3H3/b10-5+. The van der Waals surface area contributed by atoms with Crippen LogP contribution in [0.3, 0.4) is 0 Å². The number of sulfonamides is 1. The second-order valence-corrected chi connectivity index (χ2v) is 7.71. The predicted octanol–water partition coefficient (Wildman–Crippen LogP) is 3.96. The molecule has 0 saturated carbocycles. The van der Waals surface area contributed by atoms with Crippen molar-refractivity contribution in [3.63, 3.8) is 0 Å². The van der Waals surface area contributed by atoms with Gasteiger partial charge in [-0.15, -0.1) is 0 Å². The molecule has 0 atom stereocenters. The lowest BCUT2D eigenvalue weighted by Crippen LogP contribution is -2.14. The van der Waals surface area contributed by atoms with Crippen LogP contribution in [-0.4, -0.2) is 20.0 Å². The number of carbonyl (C=O) groups is 1. The van der Waals surface area contributed by atoms with Crippen molar-refractivity contribution >= 4 is 27.6 Å². The maximum Gasteiger partial charge on any atom is 0.232 e. The normalized spacial score (nSPS) is 11.6. The van der Waals surface area contributed by atoms with Gasteiger partial charge in [0.1, 0.15) is 0 Å². The molecule has 2 aromatic rings. The molecule has 0 aliphatic carbocycles. The molecule has 0 bridgehead atoms. The Morgan fingerprint density at radius 2 is 1.62 bits per heavy atom. The maximum absolute atomic E-state index is 12.2. The summed E-state index contributed by atoms with van der Waals surface area (Å²) in [5.74, 6) is -0.120. The summed E-state index contributed by atoms with van der Waals surface area (Å²) in [6.45, 7) is 5.60. The number of carbonyl (C=O) groups excluding carboxylic acids is 1. The SMILES string of the molecule is CCS(=O)(=O)Nc1ccc(C(=O)/C=C/c2cc(C)cc(C)c2)cc1. The van der Waals surface area contributed by atoms with Crippen LogP contribution in [0.4, 0.5) is 5.69 Å². The second kappa shape index (κ2) is 7.45. The summed E-state index contributed by atoms with van der Waals surface area (Å²) in [4.78, 5) is 12.2. The Hall–Kier alpha value is -2.40. The first-order valence-corrected chi connectivity index (χ1v) is 9.35. The van der Waals surface area contributed by atoms with E-state index in [0.29, 0.717) is 11.3 Å². The summed E-state index contributed by atoms with van der Waals surface area (Å²) in [6.07, 6.45) is 3.31. The average molecular weight is 343 g/mol. The topological polar surface area (TPSA) is 63.2 Å². The Labute approximate surface area is 143 Å². The van der Waals surface area contributed by atoms with Crippen molar-refractivity contribution in [3.05, 3.63) is 70.8 Å². The number of allylic oxidation sites excluding steroid dienone is 1. The van der Waals surface area contributed by atoms with Gasteiger partial charge in [0.05, 0.1) is 5.75 Å². The minimum atomic E-state index is -3.31. The van der Waals surface area contributed by atoms with Gasteiger partial charge in [-0.05, 0) is 56.7 Å². The van der Waals surface area contributed by atoms with E-state index >= 15 is 0 Å². The van der Waals surface area contributed by atoms with Crippen LogP contribution in [0.2, 0.25) is 0 Å². The van der Waals surface area contributed by atoms with Crippen LogP contribution in [0.5, 0.6) is 0 Å². The molecule has 1 N–H and O–H groups in total. The molecule has 0 saturated heterocycles. The van der Waals surface area contributed by atoms with Crippen LogP contribution < -0.4 is 4.72 Å². The number of nitrogens with one attached hydrogen (secondary N) is 1. The summed E-state index contributed by atoms with van der Waals surface area (Å²) in [5, 5.41) is 0. The summed E-state index contributed by atoms with van der Waals surface area (Å²) in [7, 11) is -3.31. The molecule has 2 rings (SSSR count). The molecule has 0 aromatic heterocycles. The zero-order valence-corrected chi connectivity index (χ0v) is 14.9. The molecule has 0 aliphatic rings. The molecule has 0 spiro atoms. The van der Waals surface area contributed by atoms with Crippen LogP contribution in [0.15, 0.2) is 48.5 Å². The Bertz CT molecular complexity index is 846. The van der Waals surface area contributed by atoms with Crippen LogP contribution >= 0.6 is 0 Å². The first-order chi connectivity index (χ1) is 11.3. The smallest absolute Gasteiger partial charge is 0.232 e. The zero-order valence-electron chi connectivity index (χ0n) is 14.0. The molecule has 2 aromatic carbocycles. The number of hydrogen-bond acceptors (Lipinski definition) is 3. The molecule has 0 radical (unpaired) electrons. The van der Waals surface area contributed by atoms with Gasteiger partial charge in [0.15, 0.2) is 5.78 Å². The molecule has 126 valence electrons. The highest BCUT2D eigenvalue weighted by Gasteiger charge is 2.07. The highest BCUT2D eigenvalue weighted by atomic mass is 32.2. The van der Waals surface area contributed by atoms with Gasteiger partial charge in [-0.25, -0.2) is 8.42 Å². The van der Waals surface area contributed by atoms with Crippen molar-refractivity contribution in [3.8, 4) is 0 Å². The van der Waals surface area contributed by atoms with Crippen LogP contribution in [-0.2, 0) is 10.0 Å². The Morgan fingerprint density at radius 1 is 1.04 bits per heavy atom. The van der Waals surface area contributed by atoms with Crippen LogP contribution in [0, 0.1) is 13.8 Å². The fourth-order valence-electron chi connectivity index (χ4n) is 2.33. The fourth-order valence-corrected chi connectivity index (χ4v) is 2.97. The molecular formula is C19H21NO3S. The van der Waals surface area contributed by atoms with Crippen LogP contribution in [0.25, 0.3) is 6.08 Å². The molecule has 5 heteroatoms. The second-order valence-electron chi connectivity index (χ2n) is 5.70. The van der Waals surface area contributed by atoms with Gasteiger partial charge in [-0.3, -0.25) is 9.52 Å². The molecule has 0 amide bonds. The van der Waals surface area contributed by atoms with E-state index in [-0.39, 0.29) is 11.5 Å². The number of hydrogen-bond donors (Lipinski definition) is 1. The summed E-state index contributed by atoms with van der Waals surface area (Å²) < 4.78 is 25.5. The lowest BCUT2D eigenvalue weighted by Gasteiger charge is -2.06. The van der Waals surface area contributed by atoms with Gasteiger partial charge in [0.25, 0.3) is 0 Å². The first-order valence-electron chi connectivity index (χ1n) is 7.70. The van der Waals surface area contributed by atoms with Crippen molar-refractivity contribution in [1.29, 1.82) is 0 Å². The maximum atomic E-state index is 12.2. The highest BCUT2D eigenvalue weighted by Crippen LogP contribution is 2.14. The predicted molar refractivity (Wildman–Crippen MR) is 98.8 cm³/mol. The lowest BCUT2D eigenvalue weighted by atomic mass is 10.1. The number of rotatable bonds is 6. The molecule has 4 nitrogen and oxygen atoms in total. The molecule has 0 fully saturated rings. The van der Waals surface area contributed by atoms with Gasteiger partial charge in [-0.1, -0.05) is 35.4 Å². The van der Waals surface area contributed by atoms with Crippen LogP contribution in [0.1, 0.15) is 34.0 Å². The molecule has 0 aliphatic heterocycles. The van der Waals surface area contributed by atoms with E-state index in [1.165, 1.54) is 6.08 Å². The van der Waals surface area contributed by atoms with Crippen molar-refractivity contribution in [2.45, 2.75) is 20.8 Å². The van der Waals surface area contributed by atoms with E-state index < -0.39 is 10.0 Å². The third kappa shape index (κ3) is 5.06. The number of aryl methyl sites for hydroxylation is 2. The summed E-state index contributed by atoms with van der Waals surface area (Å²) >= 11 is 0. The average Bonchev–Trinajstić information content (AvgIpc) is 2.52. The summed E-state index contributed by atoms with van der Waals surface area (Å²) in [6, 6.07) is 12.5. The Morgan fingerprint density at radius 3 is 2.17 bits per heavy atom. The Kier molecular flexibility index (Phi) is 5.57. The van der Waals surface area contributed by atoms with E-state index in [1.54, 1.807) is 37.3 Å². The van der Waals surface area contributed by atoms with E-state index in [4.69, 9.17) is 0 Å². The molecular weight excluding hydrogens is 322 g/mol. The monoisotopic (exact) mass is 343 g/mol. The third-order valence-electron chi connectivity index (χ3n) is 3.49. The highest BCUT2D eigenvalue weighted by molar-refractivity contribution is 7.92. The minimum Gasteiger partial charge on any atom is -0.289 e. The van der Waals surface area contributed by atoms with Gasteiger partial charge in [0.2, 0.25) is 10.0 Å². The third-order valence-corrected chi connectivity index (χ3v) is 4.80. The largest absolute Gasteiger partial charge is 0.289 e. The number of benzene rings is 2. The van der Waals surface area contributed by atoms with Crippen molar-refractivity contribution < 1.29 is 13.2 Å². The zero-order chi connectivity index (χ0) is 17.7. The van der Waals surface area contributed by atoms with Crippen molar-refractivity contribution in [1.82, 2.24) is 0 Å². The molecule has 24 heavy (non-hydrogen) atoms. The van der Waals surface area contributed by atoms with Gasteiger partial charge in [0, 0.05) is 11.3 Å². The minimum absolute atomic E-state index is 0.00628. The van der Waals surface area contributed by atoms with Crippen molar-refractivity contribution in [2.24, 2.45) is 0 Å². The van der Waals surface area contributed by atoms with Gasteiger partial charge >= 0.3 is 0 Å². The fraction of sp³-hybridized carbons (Fsp3) is 0.211. The Balaban J connectivity index is 2.11. The van der Waals surface area contributed by atoms with Crippen molar-refractivity contribution in [2.75, 3.05) is 10.5 Å². The van der Waals surface area contributed by atoms with Gasteiger partial charge in [-0.2, -0.15) is 0 Å². The summed E-state index contributed by atoms with van der Waals surface area (Å²) in [5.41, 5.74) is 4.24. The number of ketones is 1. The van der Waals surface area contributed by atoms with E-state index in [9.17, 15) is 13.2 Å².